The highest BCUT2D eigenvalue weighted by Crippen LogP contribution is 2.13. The molecule has 1 aromatic rings. The number of hydrogen-bond donors (Lipinski definition) is 11. The fraction of sp³-hybridized carbons (Fsp3) is 0.567. The SMILES string of the molecule is CC(C)[C@H](NC(=S)[C@H](CC(=O)O)NC(=O)[C@H](CCCCN)NC(=O)[C@@H](N)CCCN=C(N)N)C(=O)N[C@@H](Cc1ccc(O)cc1)C(=O)O. The van der Waals surface area contributed by atoms with E-state index in [1.807, 2.05) is 0 Å². The van der Waals surface area contributed by atoms with Gasteiger partial charge in [0, 0.05) is 13.0 Å². The van der Waals surface area contributed by atoms with Crippen LogP contribution in [0.15, 0.2) is 29.3 Å². The number of phenols is 1. The monoisotopic (exact) mass is 695 g/mol. The summed E-state index contributed by atoms with van der Waals surface area (Å²) in [5, 5.41) is 39.3. The van der Waals surface area contributed by atoms with E-state index in [4.69, 9.17) is 35.2 Å². The molecule has 0 aliphatic carbocycles. The lowest BCUT2D eigenvalue weighted by atomic mass is 10.0. The molecule has 0 aliphatic rings. The van der Waals surface area contributed by atoms with E-state index in [0.717, 1.165) is 0 Å². The number of guanidine groups is 1. The third-order valence-corrected chi connectivity index (χ3v) is 7.54. The Bertz CT molecular complexity index is 1280. The summed E-state index contributed by atoms with van der Waals surface area (Å²) < 4.78 is 0. The van der Waals surface area contributed by atoms with Gasteiger partial charge in [0.05, 0.1) is 23.5 Å². The van der Waals surface area contributed by atoms with Gasteiger partial charge in [-0.3, -0.25) is 24.2 Å². The first-order valence-corrected chi connectivity index (χ1v) is 15.9. The van der Waals surface area contributed by atoms with E-state index in [-0.39, 0.29) is 42.5 Å². The lowest BCUT2D eigenvalue weighted by Gasteiger charge is -2.29. The van der Waals surface area contributed by atoms with Crippen LogP contribution in [0.25, 0.3) is 0 Å². The molecule has 268 valence electrons. The molecule has 0 fully saturated rings. The number of amides is 3. The highest BCUT2D eigenvalue weighted by molar-refractivity contribution is 7.80. The van der Waals surface area contributed by atoms with Crippen LogP contribution in [0, 0.1) is 5.92 Å². The van der Waals surface area contributed by atoms with Crippen molar-refractivity contribution in [3.63, 3.8) is 0 Å². The molecular formula is C30H49N9O8S. The molecule has 1 aromatic carbocycles. The molecule has 18 heteroatoms. The Balaban J connectivity index is 3.07. The van der Waals surface area contributed by atoms with Gasteiger partial charge < -0.3 is 59.5 Å². The molecule has 0 aromatic heterocycles. The first kappa shape index (κ1) is 41.5. The van der Waals surface area contributed by atoms with E-state index < -0.39 is 72.2 Å². The molecule has 0 unspecified atom stereocenters. The van der Waals surface area contributed by atoms with Crippen LogP contribution in [0.5, 0.6) is 5.75 Å². The molecule has 15 N–H and O–H groups in total. The Hall–Kier alpha value is -4.55. The molecule has 0 bridgehead atoms. The van der Waals surface area contributed by atoms with Gasteiger partial charge in [-0.05, 0) is 62.3 Å². The largest absolute Gasteiger partial charge is 0.508 e. The number of hydrogen-bond acceptors (Lipinski definition) is 10. The molecule has 0 saturated heterocycles. The Morgan fingerprint density at radius 3 is 1.98 bits per heavy atom. The molecule has 48 heavy (non-hydrogen) atoms. The minimum absolute atomic E-state index is 0.000853. The van der Waals surface area contributed by atoms with E-state index in [1.165, 1.54) is 24.3 Å². The van der Waals surface area contributed by atoms with Crippen molar-refractivity contribution < 1.29 is 39.3 Å². The van der Waals surface area contributed by atoms with Gasteiger partial charge >= 0.3 is 11.9 Å². The van der Waals surface area contributed by atoms with Gasteiger partial charge in [-0.1, -0.05) is 38.2 Å². The van der Waals surface area contributed by atoms with Crippen molar-refractivity contribution >= 4 is 52.8 Å². The molecular weight excluding hydrogens is 646 g/mol. The standard InChI is InChI=1S/C30H49N9O8S/c1-16(2)24(27(45)38-22(29(46)47)14-17-8-10-18(40)11-9-17)39-28(48)21(15-23(41)42)37-26(44)20(7-3-4-12-31)36-25(43)19(32)6-5-13-35-30(33)34/h8-11,16,19-22,24,40H,3-7,12-15,31-32H2,1-2H3,(H,36,43)(H,37,44)(H,38,45)(H,39,48)(H,41,42)(H,46,47)(H4,33,34,35)/t19-,20-,21-,22-,24-/m0/s1. The Labute approximate surface area is 284 Å². The number of nitrogens with zero attached hydrogens (tertiary/aromatic N) is 1. The topological polar surface area (TPSA) is 311 Å². The van der Waals surface area contributed by atoms with Gasteiger partial charge in [-0.15, -0.1) is 0 Å². The van der Waals surface area contributed by atoms with E-state index in [1.54, 1.807) is 13.8 Å². The number of carboxylic acids is 2. The van der Waals surface area contributed by atoms with Crippen molar-refractivity contribution in [1.82, 2.24) is 21.3 Å². The summed E-state index contributed by atoms with van der Waals surface area (Å²) in [5.41, 5.74) is 22.7. The lowest BCUT2D eigenvalue weighted by Crippen LogP contribution is -2.59. The number of aromatic hydroxyl groups is 1. The van der Waals surface area contributed by atoms with Crippen LogP contribution in [-0.2, 0) is 30.4 Å². The highest BCUT2D eigenvalue weighted by atomic mass is 32.1. The van der Waals surface area contributed by atoms with Crippen molar-refractivity contribution in [2.24, 2.45) is 33.8 Å². The molecule has 0 aliphatic heterocycles. The third kappa shape index (κ3) is 15.8. The summed E-state index contributed by atoms with van der Waals surface area (Å²) in [6.45, 7) is 3.95. The number of carboxylic acid groups (broad SMARTS) is 2. The first-order valence-electron chi connectivity index (χ1n) is 15.5. The second-order valence-electron chi connectivity index (χ2n) is 11.6. The quantitative estimate of drug-likeness (QED) is 0.0282. The zero-order valence-electron chi connectivity index (χ0n) is 27.2. The number of benzene rings is 1. The summed E-state index contributed by atoms with van der Waals surface area (Å²) in [7, 11) is 0. The lowest BCUT2D eigenvalue weighted by molar-refractivity contribution is -0.142. The maximum atomic E-state index is 13.4. The van der Waals surface area contributed by atoms with Gasteiger partial charge in [0.2, 0.25) is 17.7 Å². The normalized spacial score (nSPS) is 14.0. The van der Waals surface area contributed by atoms with Crippen molar-refractivity contribution in [1.29, 1.82) is 0 Å². The number of unbranched alkanes of at least 4 members (excludes halogenated alkanes) is 1. The van der Waals surface area contributed by atoms with Crippen molar-refractivity contribution in [3.8, 4) is 5.75 Å². The maximum absolute atomic E-state index is 13.4. The third-order valence-electron chi connectivity index (χ3n) is 7.13. The fourth-order valence-electron chi connectivity index (χ4n) is 4.47. The molecule has 0 saturated carbocycles. The number of thiocarbonyl (C=S) groups is 1. The van der Waals surface area contributed by atoms with Gasteiger partial charge in [0.1, 0.15) is 23.9 Å². The minimum Gasteiger partial charge on any atom is -0.508 e. The van der Waals surface area contributed by atoms with E-state index in [2.05, 4.69) is 26.3 Å². The number of aliphatic carboxylic acids is 2. The Morgan fingerprint density at radius 1 is 0.833 bits per heavy atom. The Kier molecular flexibility index (Phi) is 18.4. The predicted molar refractivity (Wildman–Crippen MR) is 183 cm³/mol. The van der Waals surface area contributed by atoms with Crippen molar-refractivity contribution in [2.75, 3.05) is 13.1 Å². The summed E-state index contributed by atoms with van der Waals surface area (Å²) in [5.74, 6) is -5.21. The van der Waals surface area contributed by atoms with Crippen LogP contribution >= 0.6 is 12.2 Å². The Morgan fingerprint density at radius 2 is 1.44 bits per heavy atom. The molecule has 0 spiro atoms. The first-order chi connectivity index (χ1) is 22.5. The average Bonchev–Trinajstić information content (AvgIpc) is 3.00. The summed E-state index contributed by atoms with van der Waals surface area (Å²) >= 11 is 5.45. The minimum atomic E-state index is -1.33. The maximum Gasteiger partial charge on any atom is 0.326 e. The summed E-state index contributed by atoms with van der Waals surface area (Å²) in [4.78, 5) is 66.9. The summed E-state index contributed by atoms with van der Waals surface area (Å²) in [6.07, 6.45) is 1.09. The van der Waals surface area contributed by atoms with Crippen LogP contribution in [0.4, 0.5) is 0 Å². The fourth-order valence-corrected chi connectivity index (χ4v) is 4.73. The van der Waals surface area contributed by atoms with Gasteiger partial charge in [0.25, 0.3) is 0 Å². The number of aliphatic imine (C=N–C) groups is 1. The number of carbonyl (C=O) groups is 5. The van der Waals surface area contributed by atoms with Crippen LogP contribution < -0.4 is 44.2 Å². The molecule has 5 atom stereocenters. The second kappa shape index (κ2) is 21.3. The van der Waals surface area contributed by atoms with E-state index >= 15 is 0 Å². The zero-order valence-corrected chi connectivity index (χ0v) is 28.0. The van der Waals surface area contributed by atoms with Crippen molar-refractivity contribution in [3.05, 3.63) is 29.8 Å². The molecule has 0 radical (unpaired) electrons. The average molecular weight is 696 g/mol. The molecule has 3 amide bonds. The highest BCUT2D eigenvalue weighted by Gasteiger charge is 2.32. The van der Waals surface area contributed by atoms with Crippen LogP contribution in [-0.4, -0.2) is 99.2 Å². The zero-order chi connectivity index (χ0) is 36.4. The number of phenolic OH excluding ortho intramolecular Hbond substituents is 1. The van der Waals surface area contributed by atoms with Gasteiger partial charge in [-0.2, -0.15) is 0 Å². The number of nitrogens with one attached hydrogen (secondary N) is 4. The molecule has 17 nitrogen and oxygen atoms in total. The van der Waals surface area contributed by atoms with Crippen LogP contribution in [0.3, 0.4) is 0 Å². The number of rotatable bonds is 22. The number of nitrogens with two attached hydrogens (primary N) is 4. The van der Waals surface area contributed by atoms with Gasteiger partial charge in [-0.25, -0.2) is 4.79 Å². The predicted octanol–water partition coefficient (Wildman–Crippen LogP) is -1.60. The number of carbonyl (C=O) groups excluding carboxylic acids is 3. The smallest absolute Gasteiger partial charge is 0.326 e. The van der Waals surface area contributed by atoms with Crippen LogP contribution in [0.2, 0.25) is 0 Å². The van der Waals surface area contributed by atoms with Gasteiger partial charge in [0.15, 0.2) is 5.96 Å². The molecule has 1 rings (SSSR count). The molecule has 0 heterocycles. The van der Waals surface area contributed by atoms with Crippen LogP contribution in [0.1, 0.15) is 57.9 Å². The summed E-state index contributed by atoms with van der Waals surface area (Å²) in [6, 6.07) is 0.0224. The van der Waals surface area contributed by atoms with Crippen molar-refractivity contribution in [2.45, 2.75) is 89.0 Å². The second-order valence-corrected chi connectivity index (χ2v) is 12.0. The van der Waals surface area contributed by atoms with E-state index in [0.29, 0.717) is 31.4 Å². The van der Waals surface area contributed by atoms with E-state index in [9.17, 15) is 39.3 Å².